The number of rotatable bonds is 6. The number of carbonyl (C=O) groups excluding carboxylic acids is 1. The Morgan fingerprint density at radius 2 is 1.87 bits per heavy atom. The van der Waals surface area contributed by atoms with E-state index in [1.165, 1.54) is 6.08 Å². The molecule has 0 fully saturated rings. The van der Waals surface area contributed by atoms with E-state index in [1.807, 2.05) is 42.5 Å². The minimum atomic E-state index is -0.348. The molecule has 23 heavy (non-hydrogen) atoms. The summed E-state index contributed by atoms with van der Waals surface area (Å²) in [5.41, 5.74) is 1.98. The highest BCUT2D eigenvalue weighted by molar-refractivity contribution is 9.10. The zero-order valence-corrected chi connectivity index (χ0v) is 15.8. The lowest BCUT2D eigenvalue weighted by atomic mass is 10.2. The monoisotopic (exact) mass is 438 g/mol. The fraction of sp³-hybridized carbons (Fsp3) is 0.167. The van der Waals surface area contributed by atoms with Gasteiger partial charge in [0.15, 0.2) is 0 Å². The normalized spacial score (nSPS) is 10.7. The molecule has 0 aliphatic heterocycles. The van der Waals surface area contributed by atoms with Gasteiger partial charge in [-0.3, -0.25) is 0 Å². The molecule has 0 heterocycles. The zero-order chi connectivity index (χ0) is 16.7. The van der Waals surface area contributed by atoms with E-state index in [9.17, 15) is 4.79 Å². The summed E-state index contributed by atoms with van der Waals surface area (Å²) in [4.78, 5) is 11.3. The lowest BCUT2D eigenvalue weighted by Gasteiger charge is -2.09. The van der Waals surface area contributed by atoms with Crippen LogP contribution in [0, 0.1) is 0 Å². The van der Waals surface area contributed by atoms with Crippen molar-refractivity contribution in [1.29, 1.82) is 0 Å². The summed E-state index contributed by atoms with van der Waals surface area (Å²) in [5, 5.41) is 0. The number of hydrogen-bond donors (Lipinski definition) is 0. The Morgan fingerprint density at radius 1 is 1.13 bits per heavy atom. The van der Waals surface area contributed by atoms with Crippen molar-refractivity contribution in [3.05, 3.63) is 68.6 Å². The second-order valence-corrected chi connectivity index (χ2v) is 6.46. The van der Waals surface area contributed by atoms with Crippen molar-refractivity contribution in [2.24, 2.45) is 0 Å². The minimum absolute atomic E-state index is 0.348. The van der Waals surface area contributed by atoms with Crippen LogP contribution < -0.4 is 4.74 Å². The van der Waals surface area contributed by atoms with Gasteiger partial charge in [-0.05, 0) is 64.3 Å². The second kappa shape index (κ2) is 8.89. The van der Waals surface area contributed by atoms with Crippen molar-refractivity contribution in [2.75, 3.05) is 6.61 Å². The molecule has 0 amide bonds. The summed E-state index contributed by atoms with van der Waals surface area (Å²) in [5.74, 6) is 0.403. The number of benzene rings is 2. The number of hydrogen-bond acceptors (Lipinski definition) is 3. The van der Waals surface area contributed by atoms with Gasteiger partial charge in [-0.1, -0.05) is 34.1 Å². The standard InChI is InChI=1S/C18H16Br2O3/c1-2-22-18(21)10-6-13-5-9-17(16(20)11-13)23-12-14-3-7-15(19)8-4-14/h3-11H,2,12H2,1H3/b10-6+. The van der Waals surface area contributed by atoms with Gasteiger partial charge in [-0.25, -0.2) is 4.79 Å². The summed E-state index contributed by atoms with van der Waals surface area (Å²) in [6, 6.07) is 13.6. The molecular weight excluding hydrogens is 424 g/mol. The molecule has 0 spiro atoms. The average molecular weight is 440 g/mol. The van der Waals surface area contributed by atoms with E-state index in [1.54, 1.807) is 13.0 Å². The predicted octanol–water partition coefficient (Wildman–Crippen LogP) is 5.37. The van der Waals surface area contributed by atoms with Crippen molar-refractivity contribution in [1.82, 2.24) is 0 Å². The molecule has 0 radical (unpaired) electrons. The van der Waals surface area contributed by atoms with E-state index in [4.69, 9.17) is 9.47 Å². The first-order valence-electron chi connectivity index (χ1n) is 7.10. The second-order valence-electron chi connectivity index (χ2n) is 4.69. The maximum atomic E-state index is 11.3. The molecule has 2 rings (SSSR count). The van der Waals surface area contributed by atoms with Crippen molar-refractivity contribution >= 4 is 43.9 Å². The molecule has 0 saturated heterocycles. The Morgan fingerprint density at radius 3 is 2.52 bits per heavy atom. The highest BCUT2D eigenvalue weighted by Crippen LogP contribution is 2.27. The molecule has 3 nitrogen and oxygen atoms in total. The zero-order valence-electron chi connectivity index (χ0n) is 12.6. The van der Waals surface area contributed by atoms with Crippen LogP contribution in [-0.2, 0) is 16.1 Å². The van der Waals surface area contributed by atoms with E-state index in [-0.39, 0.29) is 5.97 Å². The third-order valence-corrected chi connectivity index (χ3v) is 4.11. The lowest BCUT2D eigenvalue weighted by molar-refractivity contribution is -0.137. The topological polar surface area (TPSA) is 35.5 Å². The Balaban J connectivity index is 1.99. The molecule has 0 aliphatic carbocycles. The Labute approximate surface area is 152 Å². The molecule has 120 valence electrons. The predicted molar refractivity (Wildman–Crippen MR) is 98.3 cm³/mol. The number of ether oxygens (including phenoxy) is 2. The summed E-state index contributed by atoms with van der Waals surface area (Å²) in [6.07, 6.45) is 3.12. The smallest absolute Gasteiger partial charge is 0.330 e. The molecule has 0 saturated carbocycles. The molecular formula is C18H16Br2O3. The third-order valence-electron chi connectivity index (χ3n) is 2.96. The van der Waals surface area contributed by atoms with Crippen LogP contribution in [-0.4, -0.2) is 12.6 Å². The fourth-order valence-electron chi connectivity index (χ4n) is 1.83. The van der Waals surface area contributed by atoms with Crippen LogP contribution in [0.1, 0.15) is 18.1 Å². The lowest BCUT2D eigenvalue weighted by Crippen LogP contribution is -1.98. The van der Waals surface area contributed by atoms with E-state index in [0.717, 1.165) is 25.8 Å². The molecule has 0 bridgehead atoms. The largest absolute Gasteiger partial charge is 0.488 e. The molecule has 0 aliphatic rings. The van der Waals surface area contributed by atoms with Crippen molar-refractivity contribution in [3.8, 4) is 5.75 Å². The van der Waals surface area contributed by atoms with Crippen molar-refractivity contribution in [2.45, 2.75) is 13.5 Å². The maximum Gasteiger partial charge on any atom is 0.330 e. The first-order chi connectivity index (χ1) is 11.1. The quantitative estimate of drug-likeness (QED) is 0.448. The van der Waals surface area contributed by atoms with Gasteiger partial charge < -0.3 is 9.47 Å². The first-order valence-corrected chi connectivity index (χ1v) is 8.68. The summed E-state index contributed by atoms with van der Waals surface area (Å²) in [6.45, 7) is 2.64. The molecule has 0 aromatic heterocycles. The summed E-state index contributed by atoms with van der Waals surface area (Å²) in [7, 11) is 0. The van der Waals surface area contributed by atoms with E-state index in [2.05, 4.69) is 31.9 Å². The molecule has 0 N–H and O–H groups in total. The van der Waals surface area contributed by atoms with E-state index >= 15 is 0 Å². The fourth-order valence-corrected chi connectivity index (χ4v) is 2.61. The highest BCUT2D eigenvalue weighted by Gasteiger charge is 2.03. The Bertz CT molecular complexity index is 694. The minimum Gasteiger partial charge on any atom is -0.488 e. The summed E-state index contributed by atoms with van der Waals surface area (Å²) < 4.78 is 12.5. The first kappa shape index (κ1) is 17.8. The number of esters is 1. The molecule has 2 aromatic carbocycles. The Kier molecular flexibility index (Phi) is 6.86. The third kappa shape index (κ3) is 5.84. The van der Waals surface area contributed by atoms with Crippen LogP contribution in [0.25, 0.3) is 6.08 Å². The van der Waals surface area contributed by atoms with Gasteiger partial charge in [0.2, 0.25) is 0 Å². The molecule has 2 aromatic rings. The van der Waals surface area contributed by atoms with Gasteiger partial charge in [-0.15, -0.1) is 0 Å². The SMILES string of the molecule is CCOC(=O)/C=C/c1ccc(OCc2ccc(Br)cc2)c(Br)c1. The van der Waals surface area contributed by atoms with Crippen LogP contribution in [0.4, 0.5) is 0 Å². The van der Waals surface area contributed by atoms with Gasteiger partial charge in [-0.2, -0.15) is 0 Å². The van der Waals surface area contributed by atoms with Crippen molar-refractivity contribution < 1.29 is 14.3 Å². The Hall–Kier alpha value is -1.59. The van der Waals surface area contributed by atoms with Gasteiger partial charge in [0.25, 0.3) is 0 Å². The maximum absolute atomic E-state index is 11.3. The van der Waals surface area contributed by atoms with Crippen LogP contribution >= 0.6 is 31.9 Å². The number of halogens is 2. The highest BCUT2D eigenvalue weighted by atomic mass is 79.9. The average Bonchev–Trinajstić information content (AvgIpc) is 2.54. The van der Waals surface area contributed by atoms with E-state index in [0.29, 0.717) is 13.2 Å². The van der Waals surface area contributed by atoms with E-state index < -0.39 is 0 Å². The van der Waals surface area contributed by atoms with Crippen LogP contribution in [0.2, 0.25) is 0 Å². The van der Waals surface area contributed by atoms with Crippen molar-refractivity contribution in [3.63, 3.8) is 0 Å². The van der Waals surface area contributed by atoms with Crippen LogP contribution in [0.5, 0.6) is 5.75 Å². The van der Waals surface area contributed by atoms with Gasteiger partial charge in [0.05, 0.1) is 11.1 Å². The molecule has 0 atom stereocenters. The molecule has 0 unspecified atom stereocenters. The van der Waals surface area contributed by atoms with Crippen LogP contribution in [0.15, 0.2) is 57.5 Å². The molecule has 5 heteroatoms. The number of carbonyl (C=O) groups is 1. The van der Waals surface area contributed by atoms with Gasteiger partial charge in [0, 0.05) is 10.5 Å². The van der Waals surface area contributed by atoms with Gasteiger partial charge >= 0.3 is 5.97 Å². The summed E-state index contributed by atoms with van der Waals surface area (Å²) >= 11 is 6.90. The van der Waals surface area contributed by atoms with Crippen LogP contribution in [0.3, 0.4) is 0 Å². The van der Waals surface area contributed by atoms with Gasteiger partial charge in [0.1, 0.15) is 12.4 Å².